The summed E-state index contributed by atoms with van der Waals surface area (Å²) in [6.07, 6.45) is 2.23. The van der Waals surface area contributed by atoms with Crippen LogP contribution in [0.25, 0.3) is 0 Å². The number of methoxy groups -OCH3 is 1. The smallest absolute Gasteiger partial charge is 0.256 e. The summed E-state index contributed by atoms with van der Waals surface area (Å²) in [5.41, 5.74) is 2.10. The van der Waals surface area contributed by atoms with E-state index in [1.54, 1.807) is 7.11 Å². The lowest BCUT2D eigenvalue weighted by Crippen LogP contribution is -2.44. The Morgan fingerprint density at radius 2 is 1.82 bits per heavy atom. The van der Waals surface area contributed by atoms with E-state index in [0.717, 1.165) is 35.4 Å². The quantitative estimate of drug-likeness (QED) is 0.868. The minimum absolute atomic E-state index is 0.0752. The Kier molecular flexibility index (Phi) is 4.81. The van der Waals surface area contributed by atoms with Crippen molar-refractivity contribution >= 4 is 11.6 Å². The molecule has 1 fully saturated rings. The number of benzene rings is 1. The van der Waals surface area contributed by atoms with Gasteiger partial charge in [0.2, 0.25) is 0 Å². The van der Waals surface area contributed by atoms with Crippen molar-refractivity contribution in [1.29, 1.82) is 0 Å². The molecular weight excluding hydrogens is 278 g/mol. The van der Waals surface area contributed by atoms with E-state index in [2.05, 4.69) is 5.32 Å². The van der Waals surface area contributed by atoms with Gasteiger partial charge in [0.25, 0.3) is 5.91 Å². The number of ether oxygens (including phenoxy) is 2. The molecule has 1 amide bonds. The predicted molar refractivity (Wildman–Crippen MR) is 88.4 cm³/mol. The summed E-state index contributed by atoms with van der Waals surface area (Å²) < 4.78 is 11.3. The molecule has 1 saturated carbocycles. The molecule has 122 valence electrons. The van der Waals surface area contributed by atoms with Gasteiger partial charge in [0.1, 0.15) is 11.4 Å². The van der Waals surface area contributed by atoms with Gasteiger partial charge in [-0.1, -0.05) is 0 Å². The van der Waals surface area contributed by atoms with Gasteiger partial charge in [-0.15, -0.1) is 0 Å². The van der Waals surface area contributed by atoms with Crippen molar-refractivity contribution in [3.8, 4) is 5.75 Å². The Morgan fingerprint density at radius 3 is 2.23 bits per heavy atom. The van der Waals surface area contributed by atoms with Crippen LogP contribution < -0.4 is 10.1 Å². The van der Waals surface area contributed by atoms with E-state index in [-0.39, 0.29) is 12.0 Å². The molecule has 0 heterocycles. The minimum atomic E-state index is -0.741. The van der Waals surface area contributed by atoms with Crippen LogP contribution >= 0.6 is 0 Å². The lowest BCUT2D eigenvalue weighted by molar-refractivity contribution is -0.138. The van der Waals surface area contributed by atoms with Gasteiger partial charge in [-0.2, -0.15) is 0 Å². The van der Waals surface area contributed by atoms with Crippen LogP contribution in [0.15, 0.2) is 12.1 Å². The molecule has 4 nitrogen and oxygen atoms in total. The van der Waals surface area contributed by atoms with E-state index in [1.165, 1.54) is 0 Å². The highest BCUT2D eigenvalue weighted by molar-refractivity contribution is 5.97. The summed E-state index contributed by atoms with van der Waals surface area (Å²) in [5.74, 6) is 1.14. The molecule has 1 N–H and O–H groups in total. The maximum Gasteiger partial charge on any atom is 0.256 e. The van der Waals surface area contributed by atoms with Gasteiger partial charge in [-0.05, 0) is 76.6 Å². The van der Waals surface area contributed by atoms with Crippen molar-refractivity contribution in [2.75, 3.05) is 12.4 Å². The first kappa shape index (κ1) is 16.8. The monoisotopic (exact) mass is 305 g/mol. The van der Waals surface area contributed by atoms with Crippen molar-refractivity contribution in [3.05, 3.63) is 23.3 Å². The third-order valence-electron chi connectivity index (χ3n) is 4.30. The number of aryl methyl sites for hydroxylation is 2. The van der Waals surface area contributed by atoms with Crippen LogP contribution in [0.5, 0.6) is 5.75 Å². The molecule has 0 unspecified atom stereocenters. The van der Waals surface area contributed by atoms with Gasteiger partial charge in [0.05, 0.1) is 6.10 Å². The van der Waals surface area contributed by atoms with Crippen molar-refractivity contribution < 1.29 is 14.3 Å². The van der Waals surface area contributed by atoms with Crippen LogP contribution in [0.1, 0.15) is 44.7 Å². The molecule has 0 spiro atoms. The summed E-state index contributed by atoms with van der Waals surface area (Å²) in [5, 5.41) is 3.00. The van der Waals surface area contributed by atoms with Gasteiger partial charge >= 0.3 is 0 Å². The molecule has 0 saturated heterocycles. The number of rotatable bonds is 6. The van der Waals surface area contributed by atoms with E-state index in [9.17, 15) is 4.79 Å². The number of nitrogens with one attached hydrogen (secondary N) is 1. The van der Waals surface area contributed by atoms with Crippen LogP contribution in [0.4, 0.5) is 5.69 Å². The van der Waals surface area contributed by atoms with Gasteiger partial charge in [0.15, 0.2) is 0 Å². The Labute approximate surface area is 133 Å². The van der Waals surface area contributed by atoms with Crippen molar-refractivity contribution in [3.63, 3.8) is 0 Å². The molecule has 2 rings (SSSR count). The molecule has 1 atom stereocenters. The number of carbonyl (C=O) groups is 1. The minimum Gasteiger partial charge on any atom is -0.490 e. The molecule has 1 aromatic carbocycles. The third kappa shape index (κ3) is 3.43. The molecule has 0 radical (unpaired) electrons. The van der Waals surface area contributed by atoms with Crippen LogP contribution in [0.2, 0.25) is 0 Å². The lowest BCUT2D eigenvalue weighted by atomic mass is 9.98. The molecule has 0 aromatic heterocycles. The molecule has 0 aliphatic heterocycles. The second-order valence-electron chi connectivity index (χ2n) is 6.65. The number of amides is 1. The predicted octanol–water partition coefficient (Wildman–Crippen LogP) is 3.84. The zero-order chi connectivity index (χ0) is 16.5. The molecule has 4 heteroatoms. The van der Waals surface area contributed by atoms with Gasteiger partial charge in [0, 0.05) is 12.8 Å². The van der Waals surface area contributed by atoms with E-state index in [0.29, 0.717) is 5.92 Å². The largest absolute Gasteiger partial charge is 0.490 e. The summed E-state index contributed by atoms with van der Waals surface area (Å²) in [7, 11) is 1.61. The summed E-state index contributed by atoms with van der Waals surface area (Å²) in [6.45, 7) is 9.88. The second-order valence-corrected chi connectivity index (χ2v) is 6.65. The van der Waals surface area contributed by atoms with Gasteiger partial charge in [-0.3, -0.25) is 4.79 Å². The fourth-order valence-corrected chi connectivity index (χ4v) is 2.78. The zero-order valence-corrected chi connectivity index (χ0v) is 14.4. The Balaban J connectivity index is 2.18. The highest BCUT2D eigenvalue weighted by Gasteiger charge is 2.47. The maximum absolute atomic E-state index is 12.6. The first-order valence-corrected chi connectivity index (χ1v) is 7.92. The number of hydrogen-bond acceptors (Lipinski definition) is 3. The van der Waals surface area contributed by atoms with E-state index in [1.807, 2.05) is 46.8 Å². The third-order valence-corrected chi connectivity index (χ3v) is 4.30. The summed E-state index contributed by atoms with van der Waals surface area (Å²) in [4.78, 5) is 12.6. The first-order valence-electron chi connectivity index (χ1n) is 7.92. The molecule has 0 bridgehead atoms. The molecule has 1 aliphatic rings. The van der Waals surface area contributed by atoms with Crippen molar-refractivity contribution in [2.24, 2.45) is 5.92 Å². The molecular formula is C18H27NO3. The van der Waals surface area contributed by atoms with Gasteiger partial charge < -0.3 is 14.8 Å². The van der Waals surface area contributed by atoms with E-state index >= 15 is 0 Å². The van der Waals surface area contributed by atoms with Crippen LogP contribution in [-0.4, -0.2) is 24.7 Å². The van der Waals surface area contributed by atoms with E-state index in [4.69, 9.17) is 9.47 Å². The Hall–Kier alpha value is -1.55. The highest BCUT2D eigenvalue weighted by atomic mass is 16.5. The number of hydrogen-bond donors (Lipinski definition) is 1. The number of carbonyl (C=O) groups excluding carboxylic acids is 1. The van der Waals surface area contributed by atoms with Crippen LogP contribution in [0.3, 0.4) is 0 Å². The normalized spacial score (nSPS) is 17.2. The molecule has 22 heavy (non-hydrogen) atoms. The topological polar surface area (TPSA) is 47.6 Å². The standard InChI is InChI=1S/C18H27NO3/c1-11(2)22-16-12(3)9-15(10-13(16)4)19-17(20)18(5,21-6)14-7-8-14/h9-11,14H,7-8H2,1-6H3,(H,19,20)/t18-/m1/s1. The average molecular weight is 305 g/mol. The molecule has 1 aliphatic carbocycles. The van der Waals surface area contributed by atoms with Crippen LogP contribution in [0, 0.1) is 19.8 Å². The molecule has 1 aromatic rings. The van der Waals surface area contributed by atoms with Crippen molar-refractivity contribution in [1.82, 2.24) is 0 Å². The Bertz CT molecular complexity index is 540. The van der Waals surface area contributed by atoms with Gasteiger partial charge in [-0.25, -0.2) is 0 Å². The number of anilines is 1. The van der Waals surface area contributed by atoms with Crippen molar-refractivity contribution in [2.45, 2.75) is 59.2 Å². The maximum atomic E-state index is 12.6. The Morgan fingerprint density at radius 1 is 1.27 bits per heavy atom. The highest BCUT2D eigenvalue weighted by Crippen LogP contribution is 2.42. The first-order chi connectivity index (χ1) is 10.3. The van der Waals surface area contributed by atoms with Crippen LogP contribution in [-0.2, 0) is 9.53 Å². The zero-order valence-electron chi connectivity index (χ0n) is 14.4. The SMILES string of the molecule is CO[C@@](C)(C(=O)Nc1cc(C)c(OC(C)C)c(C)c1)C1CC1. The fourth-order valence-electron chi connectivity index (χ4n) is 2.78. The summed E-state index contributed by atoms with van der Waals surface area (Å²) >= 11 is 0. The fraction of sp³-hybridized carbons (Fsp3) is 0.611. The second kappa shape index (κ2) is 6.29. The lowest BCUT2D eigenvalue weighted by Gasteiger charge is -2.27. The summed E-state index contributed by atoms with van der Waals surface area (Å²) in [6, 6.07) is 3.90. The van der Waals surface area contributed by atoms with E-state index < -0.39 is 5.60 Å². The average Bonchev–Trinajstić information content (AvgIpc) is 3.26.